The third-order valence-corrected chi connectivity index (χ3v) is 6.06. The van der Waals surface area contributed by atoms with Gasteiger partial charge in [-0.05, 0) is 59.2 Å². The van der Waals surface area contributed by atoms with Gasteiger partial charge in [0.2, 0.25) is 5.91 Å². The van der Waals surface area contributed by atoms with Crippen LogP contribution in [0, 0.1) is 6.92 Å². The maximum atomic E-state index is 12.6. The molecule has 0 aromatic heterocycles. The summed E-state index contributed by atoms with van der Waals surface area (Å²) in [5, 5.41) is 5.22. The zero-order chi connectivity index (χ0) is 22.9. The Bertz CT molecular complexity index is 1370. The fraction of sp³-hybridized carbons (Fsp3) is 0.143. The third kappa shape index (κ3) is 3.94. The average molecular weight is 437 g/mol. The highest BCUT2D eigenvalue weighted by atomic mass is 16.6. The molecule has 0 fully saturated rings. The van der Waals surface area contributed by atoms with E-state index in [0.717, 1.165) is 33.2 Å². The Morgan fingerprint density at radius 3 is 2.52 bits per heavy atom. The fourth-order valence-corrected chi connectivity index (χ4v) is 4.39. The second-order valence-corrected chi connectivity index (χ2v) is 8.22. The van der Waals surface area contributed by atoms with Gasteiger partial charge in [0.1, 0.15) is 0 Å². The van der Waals surface area contributed by atoms with Crippen molar-refractivity contribution in [3.05, 3.63) is 101 Å². The van der Waals surface area contributed by atoms with Gasteiger partial charge in [-0.3, -0.25) is 4.79 Å². The van der Waals surface area contributed by atoms with Crippen LogP contribution in [0.5, 0.6) is 11.5 Å². The molecule has 1 atom stereocenters. The van der Waals surface area contributed by atoms with Crippen LogP contribution in [-0.2, 0) is 4.79 Å². The molecule has 0 radical (unpaired) electrons. The number of anilines is 1. The summed E-state index contributed by atoms with van der Waals surface area (Å²) < 4.78 is 11.2. The molecule has 5 nitrogen and oxygen atoms in total. The number of carbonyl (C=O) groups is 2. The molecule has 1 amide bonds. The molecule has 0 unspecified atom stereocenters. The number of methoxy groups -OCH3 is 1. The van der Waals surface area contributed by atoms with E-state index in [0.29, 0.717) is 23.5 Å². The molecule has 0 saturated heterocycles. The number of benzene rings is 4. The topological polar surface area (TPSA) is 64.6 Å². The number of aryl methyl sites for hydroxylation is 1. The Balaban J connectivity index is 1.52. The second kappa shape index (κ2) is 8.43. The smallest absolute Gasteiger partial charge is 0.343 e. The molecule has 4 aromatic carbocycles. The quantitative estimate of drug-likeness (QED) is 0.321. The SMILES string of the molecule is COc1cc([C@H]2CC(=O)Nc3ccc4ccccc4c32)ccc1OC(=O)c1ccc(C)cc1. The molecule has 33 heavy (non-hydrogen) atoms. The van der Waals surface area contributed by atoms with Crippen LogP contribution in [0.2, 0.25) is 0 Å². The predicted molar refractivity (Wildman–Crippen MR) is 128 cm³/mol. The maximum Gasteiger partial charge on any atom is 0.343 e. The summed E-state index contributed by atoms with van der Waals surface area (Å²) in [5.74, 6) is 0.160. The summed E-state index contributed by atoms with van der Waals surface area (Å²) in [4.78, 5) is 25.1. The second-order valence-electron chi connectivity index (χ2n) is 8.22. The predicted octanol–water partition coefficient (Wildman–Crippen LogP) is 5.85. The minimum Gasteiger partial charge on any atom is -0.493 e. The first-order chi connectivity index (χ1) is 16.0. The van der Waals surface area contributed by atoms with E-state index in [4.69, 9.17) is 9.47 Å². The lowest BCUT2D eigenvalue weighted by Crippen LogP contribution is -2.23. The van der Waals surface area contributed by atoms with Crippen molar-refractivity contribution in [3.63, 3.8) is 0 Å². The normalized spacial score (nSPS) is 15.0. The van der Waals surface area contributed by atoms with Crippen molar-refractivity contribution >= 4 is 28.3 Å². The van der Waals surface area contributed by atoms with E-state index in [9.17, 15) is 9.59 Å². The van der Waals surface area contributed by atoms with Gasteiger partial charge in [0.05, 0.1) is 12.7 Å². The Kier molecular flexibility index (Phi) is 5.31. The molecule has 1 heterocycles. The monoisotopic (exact) mass is 437 g/mol. The molecule has 164 valence electrons. The average Bonchev–Trinajstić information content (AvgIpc) is 2.83. The van der Waals surface area contributed by atoms with E-state index in [1.807, 2.05) is 55.5 Å². The zero-order valence-electron chi connectivity index (χ0n) is 18.4. The van der Waals surface area contributed by atoms with Crippen LogP contribution in [-0.4, -0.2) is 19.0 Å². The van der Waals surface area contributed by atoms with Crippen molar-refractivity contribution in [3.8, 4) is 11.5 Å². The molecule has 0 spiro atoms. The minimum absolute atomic E-state index is 0.0309. The molecule has 0 aliphatic carbocycles. The number of carbonyl (C=O) groups excluding carboxylic acids is 2. The molecular weight excluding hydrogens is 414 g/mol. The minimum atomic E-state index is -0.450. The summed E-state index contributed by atoms with van der Waals surface area (Å²) in [6.07, 6.45) is 0.326. The van der Waals surface area contributed by atoms with Crippen molar-refractivity contribution < 1.29 is 19.1 Å². The van der Waals surface area contributed by atoms with Gasteiger partial charge >= 0.3 is 5.97 Å². The molecule has 0 bridgehead atoms. The van der Waals surface area contributed by atoms with Crippen molar-refractivity contribution in [1.82, 2.24) is 0 Å². The summed E-state index contributed by atoms with van der Waals surface area (Å²) in [5.41, 5.74) is 4.37. The Labute approximate surface area is 192 Å². The maximum absolute atomic E-state index is 12.6. The van der Waals surface area contributed by atoms with E-state index in [1.165, 1.54) is 0 Å². The van der Waals surface area contributed by atoms with E-state index in [2.05, 4.69) is 17.4 Å². The van der Waals surface area contributed by atoms with Gasteiger partial charge in [0.15, 0.2) is 11.5 Å². The van der Waals surface area contributed by atoms with Crippen LogP contribution in [0.15, 0.2) is 78.9 Å². The number of rotatable bonds is 4. The zero-order valence-corrected chi connectivity index (χ0v) is 18.4. The Hall–Kier alpha value is -4.12. The number of esters is 1. The third-order valence-electron chi connectivity index (χ3n) is 6.06. The molecule has 1 aliphatic rings. The highest BCUT2D eigenvalue weighted by molar-refractivity contribution is 6.01. The van der Waals surface area contributed by atoms with Gasteiger partial charge < -0.3 is 14.8 Å². The summed E-state index contributed by atoms with van der Waals surface area (Å²) in [7, 11) is 1.54. The van der Waals surface area contributed by atoms with Crippen LogP contribution in [0.1, 0.15) is 39.4 Å². The number of hydrogen-bond acceptors (Lipinski definition) is 4. The van der Waals surface area contributed by atoms with Crippen molar-refractivity contribution in [2.75, 3.05) is 12.4 Å². The highest BCUT2D eigenvalue weighted by Crippen LogP contribution is 2.43. The van der Waals surface area contributed by atoms with Crippen LogP contribution in [0.25, 0.3) is 10.8 Å². The van der Waals surface area contributed by atoms with Gasteiger partial charge in [0.25, 0.3) is 0 Å². The lowest BCUT2D eigenvalue weighted by atomic mass is 9.82. The lowest BCUT2D eigenvalue weighted by molar-refractivity contribution is -0.116. The molecule has 0 saturated carbocycles. The lowest BCUT2D eigenvalue weighted by Gasteiger charge is -2.28. The molecule has 5 rings (SSSR count). The van der Waals surface area contributed by atoms with Crippen molar-refractivity contribution in [2.45, 2.75) is 19.3 Å². The number of nitrogens with one attached hydrogen (secondary N) is 1. The number of amides is 1. The van der Waals surface area contributed by atoms with Crippen LogP contribution in [0.3, 0.4) is 0 Å². The van der Waals surface area contributed by atoms with Crippen molar-refractivity contribution in [1.29, 1.82) is 0 Å². The van der Waals surface area contributed by atoms with Crippen molar-refractivity contribution in [2.24, 2.45) is 0 Å². The van der Waals surface area contributed by atoms with Crippen LogP contribution in [0.4, 0.5) is 5.69 Å². The van der Waals surface area contributed by atoms with Gasteiger partial charge in [0, 0.05) is 18.0 Å². The van der Waals surface area contributed by atoms with E-state index in [1.54, 1.807) is 25.3 Å². The number of hydrogen-bond donors (Lipinski definition) is 1. The molecule has 1 aliphatic heterocycles. The first-order valence-electron chi connectivity index (χ1n) is 10.8. The van der Waals surface area contributed by atoms with E-state index >= 15 is 0 Å². The first-order valence-corrected chi connectivity index (χ1v) is 10.8. The van der Waals surface area contributed by atoms with Gasteiger partial charge in [-0.15, -0.1) is 0 Å². The molecular formula is C28H23NO4. The van der Waals surface area contributed by atoms with Crippen LogP contribution < -0.4 is 14.8 Å². The Morgan fingerprint density at radius 1 is 0.939 bits per heavy atom. The van der Waals surface area contributed by atoms with Crippen LogP contribution >= 0.6 is 0 Å². The number of fused-ring (bicyclic) bond motifs is 3. The largest absolute Gasteiger partial charge is 0.493 e. The Morgan fingerprint density at radius 2 is 1.73 bits per heavy atom. The standard InChI is InChI=1S/C28H23NO4/c1-17-7-9-19(10-8-17)28(31)33-24-14-12-20(15-25(24)32-2)22-16-26(30)29-23-13-11-18-5-3-4-6-21(18)27(22)23/h3-15,22H,16H2,1-2H3,(H,29,30)/t22-/m1/s1. The summed E-state index contributed by atoms with van der Waals surface area (Å²) in [6, 6.07) is 24.8. The summed E-state index contributed by atoms with van der Waals surface area (Å²) in [6.45, 7) is 1.96. The number of ether oxygens (including phenoxy) is 2. The first kappa shape index (κ1) is 20.8. The molecule has 1 N–H and O–H groups in total. The van der Waals surface area contributed by atoms with Gasteiger partial charge in [-0.2, -0.15) is 0 Å². The fourth-order valence-electron chi connectivity index (χ4n) is 4.39. The van der Waals surface area contributed by atoms with Gasteiger partial charge in [-0.1, -0.05) is 54.1 Å². The molecule has 4 aromatic rings. The van der Waals surface area contributed by atoms with Gasteiger partial charge in [-0.25, -0.2) is 4.79 Å². The van der Waals surface area contributed by atoms with E-state index < -0.39 is 5.97 Å². The molecule has 5 heteroatoms. The summed E-state index contributed by atoms with van der Waals surface area (Å²) >= 11 is 0. The van der Waals surface area contributed by atoms with E-state index in [-0.39, 0.29) is 11.8 Å². The highest BCUT2D eigenvalue weighted by Gasteiger charge is 2.29.